The van der Waals surface area contributed by atoms with Gasteiger partial charge in [-0.15, -0.1) is 11.3 Å². The largest absolute Gasteiger partial charge is 0.396 e. The van der Waals surface area contributed by atoms with Crippen molar-refractivity contribution in [2.24, 2.45) is 0 Å². The molecule has 0 aliphatic rings. The first-order valence-corrected chi connectivity index (χ1v) is 7.18. The van der Waals surface area contributed by atoms with Crippen LogP contribution in [0.1, 0.15) is 16.0 Å². The molecule has 2 nitrogen and oxygen atoms in total. The smallest absolute Gasteiger partial charge is 0.0693 e. The van der Waals surface area contributed by atoms with E-state index < -0.39 is 0 Å². The maximum Gasteiger partial charge on any atom is 0.0693 e. The van der Waals surface area contributed by atoms with Crippen molar-refractivity contribution in [2.75, 3.05) is 5.73 Å². The lowest BCUT2D eigenvalue weighted by Gasteiger charge is -2.08. The Hall–Kier alpha value is -0.740. The molecule has 18 heavy (non-hydrogen) atoms. The number of nitrogen functional groups attached to an aromatic ring is 1. The maximum absolute atomic E-state index is 5.99. The molecule has 1 aromatic carbocycles. The molecule has 0 atom stereocenters. The summed E-state index contributed by atoms with van der Waals surface area (Å²) in [6, 6.07) is 5.81. The van der Waals surface area contributed by atoms with Gasteiger partial charge < -0.3 is 11.1 Å². The molecule has 2 rings (SSSR count). The molecule has 0 saturated carbocycles. The molecule has 0 fully saturated rings. The number of halogens is 2. The second-order valence-corrected chi connectivity index (χ2v) is 5.92. The number of hydrogen-bond donors (Lipinski definition) is 2. The highest BCUT2D eigenvalue weighted by Gasteiger charge is 2.05. The molecular formula is C13H14Cl2N2S. The van der Waals surface area contributed by atoms with Crippen LogP contribution in [0.4, 0.5) is 5.69 Å². The van der Waals surface area contributed by atoms with Gasteiger partial charge in [0, 0.05) is 18.0 Å². The van der Waals surface area contributed by atoms with Gasteiger partial charge in [-0.05, 0) is 41.6 Å². The van der Waals surface area contributed by atoms with E-state index >= 15 is 0 Å². The van der Waals surface area contributed by atoms with Gasteiger partial charge >= 0.3 is 0 Å². The highest BCUT2D eigenvalue weighted by Crippen LogP contribution is 2.28. The van der Waals surface area contributed by atoms with Crippen LogP contribution in [0, 0.1) is 6.92 Å². The quantitative estimate of drug-likeness (QED) is 0.829. The van der Waals surface area contributed by atoms with Crippen molar-refractivity contribution in [3.05, 3.63) is 49.6 Å². The third-order valence-electron chi connectivity index (χ3n) is 2.72. The van der Waals surface area contributed by atoms with Gasteiger partial charge in [-0.1, -0.05) is 23.2 Å². The molecule has 1 aromatic heterocycles. The normalized spacial score (nSPS) is 10.8. The van der Waals surface area contributed by atoms with E-state index in [4.69, 9.17) is 28.9 Å². The van der Waals surface area contributed by atoms with Crippen LogP contribution < -0.4 is 11.1 Å². The number of nitrogens with two attached hydrogens (primary N) is 1. The molecule has 0 aliphatic carbocycles. The fourth-order valence-corrected chi connectivity index (χ4v) is 3.05. The topological polar surface area (TPSA) is 38.0 Å². The summed E-state index contributed by atoms with van der Waals surface area (Å²) >= 11 is 13.7. The van der Waals surface area contributed by atoms with Gasteiger partial charge in [-0.3, -0.25) is 0 Å². The second kappa shape index (κ2) is 5.93. The second-order valence-electron chi connectivity index (χ2n) is 4.10. The van der Waals surface area contributed by atoms with E-state index in [9.17, 15) is 0 Å². The Morgan fingerprint density at radius 2 is 1.89 bits per heavy atom. The summed E-state index contributed by atoms with van der Waals surface area (Å²) in [6.45, 7) is 3.69. The number of nitrogens with one attached hydrogen (secondary N) is 1. The molecule has 0 aliphatic heterocycles. The van der Waals surface area contributed by atoms with Crippen molar-refractivity contribution in [1.29, 1.82) is 0 Å². The molecule has 2 aromatic rings. The van der Waals surface area contributed by atoms with Crippen LogP contribution in [-0.4, -0.2) is 0 Å². The van der Waals surface area contributed by atoms with Crippen molar-refractivity contribution in [1.82, 2.24) is 5.32 Å². The highest BCUT2D eigenvalue weighted by molar-refractivity contribution is 7.10. The molecule has 3 N–H and O–H groups in total. The summed E-state index contributed by atoms with van der Waals surface area (Å²) < 4.78 is 0. The van der Waals surface area contributed by atoms with Crippen LogP contribution in [0.3, 0.4) is 0 Å². The lowest BCUT2D eigenvalue weighted by atomic mass is 10.2. The summed E-state index contributed by atoms with van der Waals surface area (Å²) in [5, 5.41) is 6.48. The van der Waals surface area contributed by atoms with Crippen LogP contribution in [-0.2, 0) is 13.1 Å². The minimum absolute atomic E-state index is 0.441. The molecule has 0 radical (unpaired) electrons. The standard InChI is InChI=1S/C13H14Cl2N2S/c1-8-2-3-18-12(8)7-17-6-9-4-10(14)13(16)11(15)5-9/h2-5,17H,6-7,16H2,1H3. The predicted octanol–water partition coefficient (Wildman–Crippen LogP) is 4.24. The van der Waals surface area contributed by atoms with Gasteiger partial charge in [0.2, 0.25) is 0 Å². The Morgan fingerprint density at radius 3 is 2.44 bits per heavy atom. The van der Waals surface area contributed by atoms with E-state index in [1.54, 1.807) is 11.3 Å². The van der Waals surface area contributed by atoms with Crippen LogP contribution in [0.25, 0.3) is 0 Å². The Kier molecular flexibility index (Phi) is 4.51. The molecule has 0 amide bonds. The third kappa shape index (κ3) is 3.18. The minimum atomic E-state index is 0.441. The Bertz CT molecular complexity index is 529. The number of aryl methyl sites for hydroxylation is 1. The average molecular weight is 301 g/mol. The van der Waals surface area contributed by atoms with E-state index in [0.29, 0.717) is 15.7 Å². The number of thiophene rings is 1. The van der Waals surface area contributed by atoms with Crippen LogP contribution in [0.5, 0.6) is 0 Å². The minimum Gasteiger partial charge on any atom is -0.396 e. The predicted molar refractivity (Wildman–Crippen MR) is 80.5 cm³/mol. The molecule has 0 saturated heterocycles. The third-order valence-corrected chi connectivity index (χ3v) is 4.37. The Labute approximate surface area is 121 Å². The fourth-order valence-electron chi connectivity index (χ4n) is 1.64. The summed E-state index contributed by atoms with van der Waals surface area (Å²) in [5.74, 6) is 0. The number of anilines is 1. The first-order chi connectivity index (χ1) is 8.58. The van der Waals surface area contributed by atoms with Gasteiger partial charge in [0.1, 0.15) is 0 Å². The zero-order valence-electron chi connectivity index (χ0n) is 9.97. The van der Waals surface area contributed by atoms with Gasteiger partial charge in [0.25, 0.3) is 0 Å². The zero-order valence-corrected chi connectivity index (χ0v) is 12.3. The monoisotopic (exact) mass is 300 g/mol. The van der Waals surface area contributed by atoms with Crippen molar-refractivity contribution in [3.8, 4) is 0 Å². The van der Waals surface area contributed by atoms with Crippen molar-refractivity contribution in [2.45, 2.75) is 20.0 Å². The molecular weight excluding hydrogens is 287 g/mol. The van der Waals surface area contributed by atoms with E-state index in [0.717, 1.165) is 18.7 Å². The summed E-state index contributed by atoms with van der Waals surface area (Å²) in [7, 11) is 0. The summed E-state index contributed by atoms with van der Waals surface area (Å²) in [4.78, 5) is 1.35. The fraction of sp³-hybridized carbons (Fsp3) is 0.231. The first kappa shape index (κ1) is 13.7. The molecule has 0 spiro atoms. The first-order valence-electron chi connectivity index (χ1n) is 5.55. The summed E-state index contributed by atoms with van der Waals surface area (Å²) in [5.41, 5.74) is 8.49. The van der Waals surface area contributed by atoms with E-state index in [-0.39, 0.29) is 0 Å². The average Bonchev–Trinajstić information content (AvgIpc) is 2.72. The molecule has 0 unspecified atom stereocenters. The Morgan fingerprint density at radius 1 is 1.22 bits per heavy atom. The number of hydrogen-bond acceptors (Lipinski definition) is 3. The van der Waals surface area contributed by atoms with Gasteiger partial charge in [0.15, 0.2) is 0 Å². The maximum atomic E-state index is 5.99. The zero-order chi connectivity index (χ0) is 13.1. The van der Waals surface area contributed by atoms with Crippen molar-refractivity contribution >= 4 is 40.2 Å². The van der Waals surface area contributed by atoms with E-state index in [1.807, 2.05) is 12.1 Å². The van der Waals surface area contributed by atoms with Crippen LogP contribution in [0.15, 0.2) is 23.6 Å². The SMILES string of the molecule is Cc1ccsc1CNCc1cc(Cl)c(N)c(Cl)c1. The Balaban J connectivity index is 1.97. The highest BCUT2D eigenvalue weighted by atomic mass is 35.5. The van der Waals surface area contributed by atoms with Crippen molar-refractivity contribution in [3.63, 3.8) is 0 Å². The van der Waals surface area contributed by atoms with Crippen LogP contribution >= 0.6 is 34.5 Å². The van der Waals surface area contributed by atoms with Gasteiger partial charge in [0.05, 0.1) is 15.7 Å². The van der Waals surface area contributed by atoms with E-state index in [1.165, 1.54) is 10.4 Å². The molecule has 1 heterocycles. The lowest BCUT2D eigenvalue weighted by Crippen LogP contribution is -2.12. The number of rotatable bonds is 4. The van der Waals surface area contributed by atoms with E-state index in [2.05, 4.69) is 23.7 Å². The van der Waals surface area contributed by atoms with Crippen molar-refractivity contribution < 1.29 is 0 Å². The van der Waals surface area contributed by atoms with Gasteiger partial charge in [-0.2, -0.15) is 0 Å². The molecule has 0 bridgehead atoms. The number of benzene rings is 1. The van der Waals surface area contributed by atoms with Gasteiger partial charge in [-0.25, -0.2) is 0 Å². The lowest BCUT2D eigenvalue weighted by molar-refractivity contribution is 0.699. The molecule has 5 heteroatoms. The molecule has 96 valence electrons. The van der Waals surface area contributed by atoms with Crippen LogP contribution in [0.2, 0.25) is 10.0 Å². The summed E-state index contributed by atoms with van der Waals surface area (Å²) in [6.07, 6.45) is 0.